The normalized spacial score (nSPS) is 18.3. The Morgan fingerprint density at radius 2 is 1.73 bits per heavy atom. The highest BCUT2D eigenvalue weighted by Gasteiger charge is 2.45. The largest absolute Gasteiger partial charge is 0.336 e. The number of carbonyl (C=O) groups is 2. The van der Waals surface area contributed by atoms with Crippen LogP contribution in [0.1, 0.15) is 29.0 Å². The minimum atomic E-state index is -0.280. The maximum atomic E-state index is 13.0. The van der Waals surface area contributed by atoms with Crippen molar-refractivity contribution in [3.05, 3.63) is 65.0 Å². The van der Waals surface area contributed by atoms with Crippen molar-refractivity contribution in [2.24, 2.45) is 5.92 Å². The van der Waals surface area contributed by atoms with Gasteiger partial charge in [0.05, 0.1) is 6.54 Å². The molecule has 1 fully saturated rings. The number of nitrogens with one attached hydrogen (secondary N) is 1. The second kappa shape index (κ2) is 7.28. The van der Waals surface area contributed by atoms with Gasteiger partial charge in [0.15, 0.2) is 0 Å². The molecule has 0 heterocycles. The highest BCUT2D eigenvalue weighted by molar-refractivity contribution is 5.96. The summed E-state index contributed by atoms with van der Waals surface area (Å²) in [7, 11) is 1.65. The molecule has 5 heteroatoms. The van der Waals surface area contributed by atoms with E-state index in [1.54, 1.807) is 19.2 Å². The van der Waals surface area contributed by atoms with Crippen LogP contribution in [-0.2, 0) is 9.59 Å². The molecule has 0 aromatic heterocycles. The van der Waals surface area contributed by atoms with Crippen LogP contribution in [0.2, 0.25) is 0 Å². The number of aryl methyl sites for hydroxylation is 2. The van der Waals surface area contributed by atoms with E-state index in [0.29, 0.717) is 0 Å². The number of para-hydroxylation sites is 1. The third kappa shape index (κ3) is 3.93. The monoisotopic (exact) mass is 354 g/mol. The van der Waals surface area contributed by atoms with Crippen LogP contribution in [-0.4, -0.2) is 30.3 Å². The van der Waals surface area contributed by atoms with Crippen LogP contribution in [0.3, 0.4) is 0 Å². The number of benzene rings is 2. The van der Waals surface area contributed by atoms with E-state index in [1.807, 2.05) is 32.0 Å². The van der Waals surface area contributed by atoms with E-state index >= 15 is 0 Å². The lowest BCUT2D eigenvalue weighted by atomic mass is 10.1. The van der Waals surface area contributed by atoms with Gasteiger partial charge in [0.1, 0.15) is 5.82 Å². The fraction of sp³-hybridized carbons (Fsp3) is 0.333. The van der Waals surface area contributed by atoms with Gasteiger partial charge < -0.3 is 10.2 Å². The number of hydrogen-bond donors (Lipinski definition) is 1. The van der Waals surface area contributed by atoms with E-state index in [2.05, 4.69) is 5.32 Å². The van der Waals surface area contributed by atoms with Gasteiger partial charge in [-0.05, 0) is 55.0 Å². The van der Waals surface area contributed by atoms with Crippen molar-refractivity contribution >= 4 is 17.5 Å². The van der Waals surface area contributed by atoms with Crippen LogP contribution in [0, 0.1) is 25.6 Å². The Balaban J connectivity index is 1.56. The molecule has 136 valence electrons. The van der Waals surface area contributed by atoms with Crippen molar-refractivity contribution in [3.8, 4) is 0 Å². The fourth-order valence-corrected chi connectivity index (χ4v) is 3.31. The predicted octanol–water partition coefficient (Wildman–Crippen LogP) is 3.64. The van der Waals surface area contributed by atoms with E-state index in [4.69, 9.17) is 0 Å². The number of nitrogens with zero attached hydrogens (tertiary/aromatic N) is 1. The molecule has 1 N–H and O–H groups in total. The summed E-state index contributed by atoms with van der Waals surface area (Å²) < 4.78 is 13.0. The number of hydrogen-bond acceptors (Lipinski definition) is 2. The number of rotatable bonds is 5. The van der Waals surface area contributed by atoms with Gasteiger partial charge in [-0.25, -0.2) is 4.39 Å². The molecule has 2 aromatic rings. The molecule has 3 rings (SSSR count). The number of halogens is 1. The summed E-state index contributed by atoms with van der Waals surface area (Å²) in [5.74, 6) is -0.545. The topological polar surface area (TPSA) is 49.4 Å². The Labute approximate surface area is 153 Å². The minimum Gasteiger partial charge on any atom is -0.336 e. The smallest absolute Gasteiger partial charge is 0.243 e. The van der Waals surface area contributed by atoms with Gasteiger partial charge in [0, 0.05) is 18.7 Å². The van der Waals surface area contributed by atoms with Gasteiger partial charge in [0.25, 0.3) is 0 Å². The van der Waals surface area contributed by atoms with Crippen LogP contribution in [0.25, 0.3) is 0 Å². The average molecular weight is 354 g/mol. The van der Waals surface area contributed by atoms with Crippen molar-refractivity contribution < 1.29 is 14.0 Å². The summed E-state index contributed by atoms with van der Waals surface area (Å²) in [4.78, 5) is 26.3. The van der Waals surface area contributed by atoms with Gasteiger partial charge in [-0.1, -0.05) is 30.3 Å². The van der Waals surface area contributed by atoms with Crippen LogP contribution in [0.4, 0.5) is 10.1 Å². The highest BCUT2D eigenvalue weighted by atomic mass is 19.1. The van der Waals surface area contributed by atoms with Crippen LogP contribution >= 0.6 is 0 Å². The van der Waals surface area contributed by atoms with Gasteiger partial charge in [-0.2, -0.15) is 0 Å². The van der Waals surface area contributed by atoms with Crippen LogP contribution < -0.4 is 5.32 Å². The molecule has 2 amide bonds. The summed E-state index contributed by atoms with van der Waals surface area (Å²) in [5, 5.41) is 2.90. The third-order valence-corrected chi connectivity index (χ3v) is 4.91. The minimum absolute atomic E-state index is 0.0131. The van der Waals surface area contributed by atoms with Crippen LogP contribution in [0.5, 0.6) is 0 Å². The molecule has 2 atom stereocenters. The zero-order valence-electron chi connectivity index (χ0n) is 15.3. The zero-order chi connectivity index (χ0) is 18.8. The quantitative estimate of drug-likeness (QED) is 0.891. The molecule has 26 heavy (non-hydrogen) atoms. The van der Waals surface area contributed by atoms with Crippen molar-refractivity contribution in [2.75, 3.05) is 18.9 Å². The second-order valence-corrected chi connectivity index (χ2v) is 7.01. The Morgan fingerprint density at radius 3 is 2.35 bits per heavy atom. The number of amides is 2. The number of likely N-dealkylation sites (N-methyl/N-ethyl adjacent to an activating group) is 1. The first-order valence-electron chi connectivity index (χ1n) is 8.73. The number of anilines is 1. The van der Waals surface area contributed by atoms with Gasteiger partial charge in [-0.15, -0.1) is 0 Å². The Kier molecular flexibility index (Phi) is 5.07. The summed E-state index contributed by atoms with van der Waals surface area (Å²) in [6.45, 7) is 3.89. The molecule has 1 aliphatic rings. The molecular formula is C21H23FN2O2. The third-order valence-electron chi connectivity index (χ3n) is 4.91. The lowest BCUT2D eigenvalue weighted by Gasteiger charge is -2.18. The van der Waals surface area contributed by atoms with Gasteiger partial charge >= 0.3 is 0 Å². The SMILES string of the molecule is Cc1cccc(C)c1NC(=O)CN(C)C(=O)[C@@H]1C[C@@H]1c1ccc(F)cc1. The molecule has 1 aliphatic carbocycles. The Bertz CT molecular complexity index is 812. The molecule has 1 saturated carbocycles. The highest BCUT2D eigenvalue weighted by Crippen LogP contribution is 2.48. The lowest BCUT2D eigenvalue weighted by molar-refractivity contribution is -0.134. The molecule has 0 bridgehead atoms. The second-order valence-electron chi connectivity index (χ2n) is 7.01. The first-order valence-corrected chi connectivity index (χ1v) is 8.73. The molecule has 0 radical (unpaired) electrons. The van der Waals surface area contributed by atoms with Crippen molar-refractivity contribution in [1.82, 2.24) is 4.90 Å². The van der Waals surface area contributed by atoms with Crippen LogP contribution in [0.15, 0.2) is 42.5 Å². The van der Waals surface area contributed by atoms with Crippen molar-refractivity contribution in [1.29, 1.82) is 0 Å². The van der Waals surface area contributed by atoms with Crippen molar-refractivity contribution in [2.45, 2.75) is 26.2 Å². The molecule has 0 unspecified atom stereocenters. The maximum absolute atomic E-state index is 13.0. The summed E-state index contributed by atoms with van der Waals surface area (Å²) in [6.07, 6.45) is 0.743. The standard InChI is InChI=1S/C21H23FN2O2/c1-13-5-4-6-14(2)20(13)23-19(25)12-24(3)21(26)18-11-17(18)15-7-9-16(22)10-8-15/h4-10,17-18H,11-12H2,1-3H3,(H,23,25)/t17-,18-/m1/s1. The first kappa shape index (κ1) is 18.1. The maximum Gasteiger partial charge on any atom is 0.243 e. The summed E-state index contributed by atoms with van der Waals surface area (Å²) >= 11 is 0. The summed E-state index contributed by atoms with van der Waals surface area (Å²) in [6, 6.07) is 12.1. The van der Waals surface area contributed by atoms with E-state index in [0.717, 1.165) is 28.8 Å². The fourth-order valence-electron chi connectivity index (χ4n) is 3.31. The lowest BCUT2D eigenvalue weighted by Crippen LogP contribution is -2.36. The molecule has 4 nitrogen and oxygen atoms in total. The predicted molar refractivity (Wildman–Crippen MR) is 99.4 cm³/mol. The summed E-state index contributed by atoms with van der Waals surface area (Å²) in [5.41, 5.74) is 3.75. The van der Waals surface area contributed by atoms with Crippen molar-refractivity contribution in [3.63, 3.8) is 0 Å². The molecular weight excluding hydrogens is 331 g/mol. The van der Waals surface area contributed by atoms with Gasteiger partial charge in [0.2, 0.25) is 11.8 Å². The Hall–Kier alpha value is -2.69. The average Bonchev–Trinajstić information content (AvgIpc) is 3.39. The molecule has 2 aromatic carbocycles. The van der Waals surface area contributed by atoms with E-state index < -0.39 is 0 Å². The van der Waals surface area contributed by atoms with E-state index in [-0.39, 0.29) is 36.0 Å². The molecule has 0 spiro atoms. The Morgan fingerprint density at radius 1 is 1.12 bits per heavy atom. The first-order chi connectivity index (χ1) is 12.4. The number of carbonyl (C=O) groups excluding carboxylic acids is 2. The van der Waals surface area contributed by atoms with Gasteiger partial charge in [-0.3, -0.25) is 9.59 Å². The molecule has 0 saturated heterocycles. The van der Waals surface area contributed by atoms with E-state index in [1.165, 1.54) is 17.0 Å². The molecule has 0 aliphatic heterocycles. The van der Waals surface area contributed by atoms with E-state index in [9.17, 15) is 14.0 Å². The zero-order valence-corrected chi connectivity index (χ0v) is 15.3.